The molecule has 1 aromatic heterocycles. The molecule has 0 saturated carbocycles. The van der Waals surface area contributed by atoms with Gasteiger partial charge < -0.3 is 14.2 Å². The third-order valence-corrected chi connectivity index (χ3v) is 7.45. The number of nitro benzene ring substituents is 1. The highest BCUT2D eigenvalue weighted by Crippen LogP contribution is 2.44. The second kappa shape index (κ2) is 12.2. The topological polar surface area (TPSA) is 60.5 Å². The quantitative estimate of drug-likeness (QED) is 0.142. The first-order valence-corrected chi connectivity index (χ1v) is 13.8. The van der Waals surface area contributed by atoms with Crippen molar-refractivity contribution >= 4 is 22.3 Å². The SMILES string of the molecule is CCCCn1c(C)c(C(c2cccc([N+](=O)[O-])c2)c2ccc(N(CC)CC)cc2OCC)c2ccccc21. The predicted molar refractivity (Wildman–Crippen MR) is 157 cm³/mol. The second-order valence-corrected chi connectivity index (χ2v) is 9.63. The molecule has 0 aliphatic rings. The monoisotopic (exact) mass is 513 g/mol. The van der Waals surface area contributed by atoms with Crippen molar-refractivity contribution in [3.05, 3.63) is 99.2 Å². The lowest BCUT2D eigenvalue weighted by Crippen LogP contribution is -2.22. The molecule has 0 aliphatic carbocycles. The Morgan fingerprint density at radius 1 is 0.974 bits per heavy atom. The molecule has 38 heavy (non-hydrogen) atoms. The molecule has 0 N–H and O–H groups in total. The molecule has 0 saturated heterocycles. The molecule has 1 heterocycles. The van der Waals surface area contributed by atoms with Gasteiger partial charge in [0.2, 0.25) is 0 Å². The van der Waals surface area contributed by atoms with Crippen LogP contribution in [-0.4, -0.2) is 29.2 Å². The summed E-state index contributed by atoms with van der Waals surface area (Å²) in [7, 11) is 0. The third kappa shape index (κ3) is 5.26. The average Bonchev–Trinajstić information content (AvgIpc) is 3.20. The lowest BCUT2D eigenvalue weighted by Gasteiger charge is -2.26. The van der Waals surface area contributed by atoms with Crippen molar-refractivity contribution < 1.29 is 9.66 Å². The van der Waals surface area contributed by atoms with Gasteiger partial charge in [-0.3, -0.25) is 10.1 Å². The zero-order chi connectivity index (χ0) is 27.2. The number of nitro groups is 1. The Kier molecular flexibility index (Phi) is 8.72. The summed E-state index contributed by atoms with van der Waals surface area (Å²) in [6, 6.07) is 22.0. The number of fused-ring (bicyclic) bond motifs is 1. The highest BCUT2D eigenvalue weighted by molar-refractivity contribution is 5.87. The highest BCUT2D eigenvalue weighted by atomic mass is 16.6. The van der Waals surface area contributed by atoms with E-state index in [9.17, 15) is 10.1 Å². The summed E-state index contributed by atoms with van der Waals surface area (Å²) in [5, 5.41) is 13.0. The smallest absolute Gasteiger partial charge is 0.269 e. The summed E-state index contributed by atoms with van der Waals surface area (Å²) in [6.45, 7) is 14.0. The van der Waals surface area contributed by atoms with Crippen LogP contribution in [0.5, 0.6) is 5.75 Å². The third-order valence-electron chi connectivity index (χ3n) is 7.45. The molecule has 0 fully saturated rings. The van der Waals surface area contributed by atoms with E-state index in [4.69, 9.17) is 4.74 Å². The van der Waals surface area contributed by atoms with Crippen LogP contribution >= 0.6 is 0 Å². The normalized spacial score (nSPS) is 12.0. The summed E-state index contributed by atoms with van der Waals surface area (Å²) in [5.41, 5.74) is 6.67. The van der Waals surface area contributed by atoms with Crippen molar-refractivity contribution in [1.82, 2.24) is 4.57 Å². The van der Waals surface area contributed by atoms with Gasteiger partial charge in [0, 0.05) is 71.6 Å². The number of nitrogens with zero attached hydrogens (tertiary/aromatic N) is 3. The van der Waals surface area contributed by atoms with Crippen LogP contribution in [0.3, 0.4) is 0 Å². The molecular formula is C32H39N3O3. The predicted octanol–water partition coefficient (Wildman–Crippen LogP) is 8.08. The molecule has 4 aromatic rings. The number of aryl methyl sites for hydroxylation is 1. The maximum Gasteiger partial charge on any atom is 0.269 e. The van der Waals surface area contributed by atoms with Crippen LogP contribution in [0, 0.1) is 17.0 Å². The van der Waals surface area contributed by atoms with Gasteiger partial charge in [-0.1, -0.05) is 49.7 Å². The molecule has 3 aromatic carbocycles. The van der Waals surface area contributed by atoms with Crippen LogP contribution in [0.15, 0.2) is 66.7 Å². The number of para-hydroxylation sites is 1. The number of hydrogen-bond acceptors (Lipinski definition) is 4. The first-order chi connectivity index (χ1) is 18.4. The van der Waals surface area contributed by atoms with Crippen molar-refractivity contribution in [2.75, 3.05) is 24.6 Å². The lowest BCUT2D eigenvalue weighted by atomic mass is 9.82. The number of non-ortho nitro benzene ring substituents is 1. The summed E-state index contributed by atoms with van der Waals surface area (Å²) in [6.07, 6.45) is 2.19. The minimum absolute atomic E-state index is 0.0950. The maximum atomic E-state index is 11.8. The molecule has 1 unspecified atom stereocenters. The van der Waals surface area contributed by atoms with Crippen LogP contribution in [0.1, 0.15) is 68.8 Å². The van der Waals surface area contributed by atoms with Gasteiger partial charge in [-0.05, 0) is 57.4 Å². The number of hydrogen-bond donors (Lipinski definition) is 0. The summed E-state index contributed by atoms with van der Waals surface area (Å²) < 4.78 is 8.68. The fourth-order valence-corrected chi connectivity index (χ4v) is 5.57. The first-order valence-electron chi connectivity index (χ1n) is 13.8. The Morgan fingerprint density at radius 2 is 1.74 bits per heavy atom. The average molecular weight is 514 g/mol. The van der Waals surface area contributed by atoms with Crippen molar-refractivity contribution in [2.24, 2.45) is 0 Å². The fraction of sp³-hybridized carbons (Fsp3) is 0.375. The number of ether oxygens (including phenoxy) is 1. The van der Waals surface area contributed by atoms with Gasteiger partial charge in [-0.15, -0.1) is 0 Å². The van der Waals surface area contributed by atoms with E-state index in [0.29, 0.717) is 6.61 Å². The van der Waals surface area contributed by atoms with Crippen molar-refractivity contribution in [3.8, 4) is 5.75 Å². The zero-order valence-electron chi connectivity index (χ0n) is 23.2. The molecule has 0 aliphatic heterocycles. The molecule has 6 heteroatoms. The highest BCUT2D eigenvalue weighted by Gasteiger charge is 2.29. The van der Waals surface area contributed by atoms with Gasteiger partial charge in [0.05, 0.1) is 11.5 Å². The Bertz CT molecular complexity index is 1400. The van der Waals surface area contributed by atoms with Gasteiger partial charge in [-0.2, -0.15) is 0 Å². The largest absolute Gasteiger partial charge is 0.493 e. The number of benzene rings is 3. The second-order valence-electron chi connectivity index (χ2n) is 9.63. The number of rotatable bonds is 12. The standard InChI is InChI=1S/C32H39N3O3/c1-6-10-20-34-23(5)31(27-16-11-12-17-29(27)34)32(24-14-13-15-26(21-24)35(36)37)28-19-18-25(33(7-2)8-3)22-30(28)38-9-4/h11-19,21-22,32H,6-10,20H2,1-5H3. The van der Waals surface area contributed by atoms with Gasteiger partial charge in [0.1, 0.15) is 5.75 Å². The Hall–Kier alpha value is -3.80. The van der Waals surface area contributed by atoms with E-state index in [-0.39, 0.29) is 16.5 Å². The molecule has 6 nitrogen and oxygen atoms in total. The zero-order valence-corrected chi connectivity index (χ0v) is 23.2. The Balaban J connectivity index is 2.03. The van der Waals surface area contributed by atoms with Gasteiger partial charge >= 0.3 is 0 Å². The molecule has 200 valence electrons. The van der Waals surface area contributed by atoms with Crippen LogP contribution < -0.4 is 9.64 Å². The van der Waals surface area contributed by atoms with Crippen LogP contribution in [-0.2, 0) is 6.54 Å². The minimum atomic E-state index is -0.315. The van der Waals surface area contributed by atoms with E-state index in [1.54, 1.807) is 18.2 Å². The Morgan fingerprint density at radius 3 is 2.42 bits per heavy atom. The number of aromatic nitrogens is 1. The molecule has 4 rings (SSSR count). The van der Waals surface area contributed by atoms with Crippen molar-refractivity contribution in [2.45, 2.75) is 59.9 Å². The summed E-state index contributed by atoms with van der Waals surface area (Å²) in [5.74, 6) is 0.591. The van der Waals surface area contributed by atoms with Crippen molar-refractivity contribution in [3.63, 3.8) is 0 Å². The lowest BCUT2D eigenvalue weighted by molar-refractivity contribution is -0.384. The van der Waals surface area contributed by atoms with Crippen LogP contribution in [0.4, 0.5) is 11.4 Å². The van der Waals surface area contributed by atoms with E-state index in [1.165, 1.54) is 22.2 Å². The van der Waals surface area contributed by atoms with Gasteiger partial charge in [0.15, 0.2) is 0 Å². The molecule has 0 amide bonds. The molecule has 0 bridgehead atoms. The molecule has 0 radical (unpaired) electrons. The van der Waals surface area contributed by atoms with E-state index in [2.05, 4.69) is 79.6 Å². The maximum absolute atomic E-state index is 11.8. The van der Waals surface area contributed by atoms with Crippen LogP contribution in [0.2, 0.25) is 0 Å². The minimum Gasteiger partial charge on any atom is -0.493 e. The number of unbranched alkanes of at least 4 members (excludes halogenated alkanes) is 1. The molecular weight excluding hydrogens is 474 g/mol. The molecule has 0 spiro atoms. The summed E-state index contributed by atoms with van der Waals surface area (Å²) in [4.78, 5) is 13.8. The summed E-state index contributed by atoms with van der Waals surface area (Å²) >= 11 is 0. The van der Waals surface area contributed by atoms with E-state index in [1.807, 2.05) is 13.0 Å². The van der Waals surface area contributed by atoms with E-state index < -0.39 is 0 Å². The Labute approximate surface area is 226 Å². The van der Waals surface area contributed by atoms with Crippen LogP contribution in [0.25, 0.3) is 10.9 Å². The number of anilines is 1. The van der Waals surface area contributed by atoms with E-state index in [0.717, 1.165) is 55.0 Å². The van der Waals surface area contributed by atoms with Crippen molar-refractivity contribution in [1.29, 1.82) is 0 Å². The van der Waals surface area contributed by atoms with Gasteiger partial charge in [0.25, 0.3) is 5.69 Å². The first kappa shape index (κ1) is 27.2. The molecule has 1 atom stereocenters. The van der Waals surface area contributed by atoms with E-state index >= 15 is 0 Å². The van der Waals surface area contributed by atoms with Gasteiger partial charge in [-0.25, -0.2) is 0 Å². The fourth-order valence-electron chi connectivity index (χ4n) is 5.57.